The lowest BCUT2D eigenvalue weighted by molar-refractivity contribution is 1.03. The Kier molecular flexibility index (Phi) is 5.21. The van der Waals surface area contributed by atoms with E-state index < -0.39 is 0 Å². The summed E-state index contributed by atoms with van der Waals surface area (Å²) in [5.74, 6) is 0. The standard InChI is InChI=1S/C26H20S3/c1-5-13-21(14-6-1)25(22-15-7-2-8-16-22)27-26(29-28-25,23-17-9-3-10-18-23)24-19-11-4-12-20-24/h1-20H. The predicted molar refractivity (Wildman–Crippen MR) is 130 cm³/mol. The summed E-state index contributed by atoms with van der Waals surface area (Å²) < 4.78 is -0.363. The van der Waals surface area contributed by atoms with Crippen molar-refractivity contribution in [1.82, 2.24) is 0 Å². The molecule has 142 valence electrons. The first kappa shape index (κ1) is 18.9. The van der Waals surface area contributed by atoms with Crippen LogP contribution in [0.1, 0.15) is 22.3 Å². The first-order valence-corrected chi connectivity index (χ1v) is 12.6. The van der Waals surface area contributed by atoms with Crippen molar-refractivity contribution < 1.29 is 0 Å². The summed E-state index contributed by atoms with van der Waals surface area (Å²) in [7, 11) is 3.94. The lowest BCUT2D eigenvalue weighted by Crippen LogP contribution is -2.22. The SMILES string of the molecule is c1ccc(C2(c3ccccc3)SSC(c3ccccc3)(c3ccccc3)S2)cc1. The second-order valence-electron chi connectivity index (χ2n) is 6.97. The molecule has 1 aliphatic rings. The van der Waals surface area contributed by atoms with Gasteiger partial charge in [-0.1, -0.05) is 143 Å². The van der Waals surface area contributed by atoms with E-state index >= 15 is 0 Å². The minimum Gasteiger partial charge on any atom is -0.105 e. The minimum absolute atomic E-state index is 0.182. The molecular formula is C26H20S3. The van der Waals surface area contributed by atoms with Gasteiger partial charge in [0.05, 0.1) is 0 Å². The van der Waals surface area contributed by atoms with E-state index in [0.717, 1.165) is 0 Å². The van der Waals surface area contributed by atoms with E-state index in [2.05, 4.69) is 121 Å². The number of hydrogen-bond acceptors (Lipinski definition) is 3. The molecule has 0 spiro atoms. The molecule has 4 aromatic rings. The third kappa shape index (κ3) is 3.31. The lowest BCUT2D eigenvalue weighted by Gasteiger charge is -2.33. The van der Waals surface area contributed by atoms with Crippen molar-refractivity contribution in [3.05, 3.63) is 144 Å². The third-order valence-electron chi connectivity index (χ3n) is 5.18. The van der Waals surface area contributed by atoms with E-state index in [4.69, 9.17) is 0 Å². The molecule has 3 heteroatoms. The molecule has 0 saturated carbocycles. The first-order chi connectivity index (χ1) is 14.3. The minimum atomic E-state index is -0.182. The van der Waals surface area contributed by atoms with Crippen molar-refractivity contribution in [2.75, 3.05) is 0 Å². The Labute approximate surface area is 184 Å². The van der Waals surface area contributed by atoms with Crippen LogP contribution in [-0.4, -0.2) is 0 Å². The molecule has 0 atom stereocenters. The summed E-state index contributed by atoms with van der Waals surface area (Å²) in [4.78, 5) is 0. The van der Waals surface area contributed by atoms with Crippen LogP contribution in [0.3, 0.4) is 0 Å². The molecule has 4 aromatic carbocycles. The highest BCUT2D eigenvalue weighted by molar-refractivity contribution is 8.83. The smallest absolute Gasteiger partial charge is 0.105 e. The molecule has 0 N–H and O–H groups in total. The van der Waals surface area contributed by atoms with Gasteiger partial charge in [-0.25, -0.2) is 0 Å². The fourth-order valence-corrected chi connectivity index (χ4v) is 10.6. The summed E-state index contributed by atoms with van der Waals surface area (Å²) >= 11 is 2.04. The Morgan fingerprint density at radius 3 is 0.828 bits per heavy atom. The van der Waals surface area contributed by atoms with Gasteiger partial charge in [0.1, 0.15) is 8.16 Å². The summed E-state index contributed by atoms with van der Waals surface area (Å²) in [6.45, 7) is 0. The highest BCUT2D eigenvalue weighted by Gasteiger charge is 2.54. The van der Waals surface area contributed by atoms with Gasteiger partial charge in [-0.2, -0.15) is 0 Å². The molecule has 1 aliphatic heterocycles. The van der Waals surface area contributed by atoms with Gasteiger partial charge in [0, 0.05) is 0 Å². The van der Waals surface area contributed by atoms with Crippen LogP contribution >= 0.6 is 33.3 Å². The first-order valence-electron chi connectivity index (χ1n) is 9.63. The van der Waals surface area contributed by atoms with E-state index in [-0.39, 0.29) is 8.16 Å². The summed E-state index contributed by atoms with van der Waals surface area (Å²) in [5.41, 5.74) is 5.34. The maximum atomic E-state index is 2.26. The highest BCUT2D eigenvalue weighted by atomic mass is 33.1. The number of thioether (sulfide) groups is 1. The van der Waals surface area contributed by atoms with E-state index in [1.54, 1.807) is 0 Å². The van der Waals surface area contributed by atoms with Crippen LogP contribution in [0.25, 0.3) is 0 Å². The van der Waals surface area contributed by atoms with Gasteiger partial charge in [0.2, 0.25) is 0 Å². The Morgan fingerprint density at radius 2 is 0.586 bits per heavy atom. The quantitative estimate of drug-likeness (QED) is 0.303. The van der Waals surface area contributed by atoms with E-state index in [9.17, 15) is 0 Å². The van der Waals surface area contributed by atoms with E-state index in [1.807, 2.05) is 33.3 Å². The van der Waals surface area contributed by atoms with Crippen molar-refractivity contribution in [1.29, 1.82) is 0 Å². The molecule has 29 heavy (non-hydrogen) atoms. The van der Waals surface area contributed by atoms with Crippen LogP contribution in [0, 0.1) is 0 Å². The van der Waals surface area contributed by atoms with Gasteiger partial charge in [0.15, 0.2) is 0 Å². The Hall–Kier alpha value is -2.07. The van der Waals surface area contributed by atoms with Gasteiger partial charge < -0.3 is 0 Å². The maximum Gasteiger partial charge on any atom is 0.123 e. The van der Waals surface area contributed by atoms with E-state index in [0.29, 0.717) is 0 Å². The fraction of sp³-hybridized carbons (Fsp3) is 0.0769. The van der Waals surface area contributed by atoms with Crippen molar-refractivity contribution in [2.24, 2.45) is 0 Å². The molecule has 0 radical (unpaired) electrons. The average molecular weight is 429 g/mol. The molecular weight excluding hydrogens is 408 g/mol. The zero-order valence-electron chi connectivity index (χ0n) is 15.8. The largest absolute Gasteiger partial charge is 0.123 e. The molecule has 0 bridgehead atoms. The van der Waals surface area contributed by atoms with Gasteiger partial charge >= 0.3 is 0 Å². The van der Waals surface area contributed by atoms with Gasteiger partial charge in [-0.3, -0.25) is 0 Å². The molecule has 0 amide bonds. The summed E-state index contributed by atoms with van der Waals surface area (Å²) in [6, 6.07) is 43.7. The fourth-order valence-electron chi connectivity index (χ4n) is 3.75. The van der Waals surface area contributed by atoms with E-state index in [1.165, 1.54) is 22.3 Å². The van der Waals surface area contributed by atoms with Gasteiger partial charge in [0.25, 0.3) is 0 Å². The highest BCUT2D eigenvalue weighted by Crippen LogP contribution is 2.76. The topological polar surface area (TPSA) is 0 Å². The average Bonchev–Trinajstić information content (AvgIpc) is 3.25. The van der Waals surface area contributed by atoms with Crippen LogP contribution < -0.4 is 0 Å². The predicted octanol–water partition coefficient (Wildman–Crippen LogP) is 7.92. The van der Waals surface area contributed by atoms with Crippen LogP contribution in [0.2, 0.25) is 0 Å². The molecule has 0 unspecified atom stereocenters. The normalized spacial score (nSPS) is 17.1. The number of benzene rings is 4. The van der Waals surface area contributed by atoms with Crippen molar-refractivity contribution >= 4 is 33.3 Å². The Morgan fingerprint density at radius 1 is 0.345 bits per heavy atom. The molecule has 5 rings (SSSR count). The zero-order chi connectivity index (χ0) is 19.6. The van der Waals surface area contributed by atoms with Crippen molar-refractivity contribution in [3.63, 3.8) is 0 Å². The van der Waals surface area contributed by atoms with Crippen LogP contribution in [0.5, 0.6) is 0 Å². The van der Waals surface area contributed by atoms with Crippen LogP contribution in [0.4, 0.5) is 0 Å². The molecule has 1 saturated heterocycles. The number of hydrogen-bond donors (Lipinski definition) is 0. The van der Waals surface area contributed by atoms with Crippen LogP contribution in [0.15, 0.2) is 121 Å². The maximum absolute atomic E-state index is 2.26. The second-order valence-corrected chi connectivity index (χ2v) is 11.5. The Balaban J connectivity index is 1.72. The van der Waals surface area contributed by atoms with Gasteiger partial charge in [-0.15, -0.1) is 11.8 Å². The molecule has 1 heterocycles. The second kappa shape index (κ2) is 7.98. The number of rotatable bonds is 4. The summed E-state index contributed by atoms with van der Waals surface area (Å²) in [6.07, 6.45) is 0. The Bertz CT molecular complexity index is 896. The van der Waals surface area contributed by atoms with Crippen molar-refractivity contribution in [3.8, 4) is 0 Å². The molecule has 0 aliphatic carbocycles. The van der Waals surface area contributed by atoms with Crippen molar-refractivity contribution in [2.45, 2.75) is 8.16 Å². The summed E-state index contributed by atoms with van der Waals surface area (Å²) in [5, 5.41) is 0. The molecule has 0 nitrogen and oxygen atoms in total. The molecule has 1 fully saturated rings. The third-order valence-corrected chi connectivity index (χ3v) is 11.6. The molecule has 0 aromatic heterocycles. The van der Waals surface area contributed by atoms with Gasteiger partial charge in [-0.05, 0) is 22.3 Å². The monoisotopic (exact) mass is 428 g/mol. The lowest BCUT2D eigenvalue weighted by atomic mass is 10.0. The zero-order valence-corrected chi connectivity index (χ0v) is 18.2. The van der Waals surface area contributed by atoms with Crippen LogP contribution in [-0.2, 0) is 8.16 Å².